The van der Waals surface area contributed by atoms with Crippen LogP contribution in [0.5, 0.6) is 5.75 Å². The van der Waals surface area contributed by atoms with E-state index in [9.17, 15) is 9.18 Å². The summed E-state index contributed by atoms with van der Waals surface area (Å²) in [6.45, 7) is 0.362. The molecule has 4 heteroatoms. The lowest BCUT2D eigenvalue weighted by Crippen LogP contribution is -2.08. The summed E-state index contributed by atoms with van der Waals surface area (Å²) in [5.41, 5.74) is 0.607. The average Bonchev–Trinajstić information content (AvgIpc) is 2.30. The predicted octanol–water partition coefficient (Wildman–Crippen LogP) is 1.86. The lowest BCUT2D eigenvalue weighted by atomic mass is 10.2. The van der Waals surface area contributed by atoms with Gasteiger partial charge < -0.3 is 9.47 Å². The molecule has 0 fully saturated rings. The third-order valence-electron chi connectivity index (χ3n) is 1.73. The molecule has 0 spiro atoms. The Labute approximate surface area is 87.8 Å². The summed E-state index contributed by atoms with van der Waals surface area (Å²) < 4.78 is 21.8. The maximum absolute atomic E-state index is 11.6. The highest BCUT2D eigenvalue weighted by Crippen LogP contribution is 2.10. The molecule has 82 valence electrons. The van der Waals surface area contributed by atoms with Crippen LogP contribution < -0.4 is 4.74 Å². The van der Waals surface area contributed by atoms with E-state index in [0.717, 1.165) is 6.29 Å². The number of hydrogen-bond donors (Lipinski definition) is 0. The first-order chi connectivity index (χ1) is 7.36. The zero-order valence-electron chi connectivity index (χ0n) is 8.32. The minimum atomic E-state index is -0.478. The van der Waals surface area contributed by atoms with Gasteiger partial charge in [0.1, 0.15) is 25.3 Å². The van der Waals surface area contributed by atoms with Gasteiger partial charge >= 0.3 is 0 Å². The topological polar surface area (TPSA) is 35.5 Å². The van der Waals surface area contributed by atoms with Crippen molar-refractivity contribution < 1.29 is 18.7 Å². The van der Waals surface area contributed by atoms with Crippen LogP contribution in [-0.4, -0.2) is 32.8 Å². The van der Waals surface area contributed by atoms with Gasteiger partial charge in [-0.25, -0.2) is 4.39 Å². The molecule has 0 atom stereocenters. The van der Waals surface area contributed by atoms with Gasteiger partial charge in [-0.05, 0) is 24.3 Å². The first-order valence-electron chi connectivity index (χ1n) is 4.68. The molecule has 3 nitrogen and oxygen atoms in total. The summed E-state index contributed by atoms with van der Waals surface area (Å²) in [7, 11) is 0. The summed E-state index contributed by atoms with van der Waals surface area (Å²) in [6.07, 6.45) is 0.772. The Morgan fingerprint density at radius 1 is 1.13 bits per heavy atom. The van der Waals surface area contributed by atoms with Crippen LogP contribution in [0.3, 0.4) is 0 Å². The largest absolute Gasteiger partial charge is 0.491 e. The van der Waals surface area contributed by atoms with E-state index in [4.69, 9.17) is 9.47 Å². The number of halogens is 1. The first-order valence-corrected chi connectivity index (χ1v) is 4.68. The lowest BCUT2D eigenvalue weighted by Gasteiger charge is -2.05. The first kappa shape index (κ1) is 11.7. The molecule has 1 rings (SSSR count). The molecular formula is C11H13FO3. The highest BCUT2D eigenvalue weighted by Gasteiger charge is 1.94. The van der Waals surface area contributed by atoms with Crippen LogP contribution in [0.2, 0.25) is 0 Å². The monoisotopic (exact) mass is 212 g/mol. The molecule has 0 unspecified atom stereocenters. The summed E-state index contributed by atoms with van der Waals surface area (Å²) in [5.74, 6) is 0.671. The van der Waals surface area contributed by atoms with E-state index >= 15 is 0 Å². The van der Waals surface area contributed by atoms with E-state index in [0.29, 0.717) is 24.5 Å². The van der Waals surface area contributed by atoms with Gasteiger partial charge in [0.15, 0.2) is 0 Å². The van der Waals surface area contributed by atoms with Crippen molar-refractivity contribution in [3.05, 3.63) is 29.8 Å². The minimum absolute atomic E-state index is 0.105. The fourth-order valence-corrected chi connectivity index (χ4v) is 1.02. The highest BCUT2D eigenvalue weighted by atomic mass is 19.1. The van der Waals surface area contributed by atoms with Crippen molar-refractivity contribution >= 4 is 6.29 Å². The highest BCUT2D eigenvalue weighted by molar-refractivity contribution is 5.74. The second-order valence-electron chi connectivity index (χ2n) is 2.84. The Morgan fingerprint density at radius 2 is 1.87 bits per heavy atom. The number of carbonyl (C=O) groups is 1. The van der Waals surface area contributed by atoms with Gasteiger partial charge in [-0.2, -0.15) is 0 Å². The number of aldehydes is 1. The molecule has 0 aromatic heterocycles. The molecule has 15 heavy (non-hydrogen) atoms. The van der Waals surface area contributed by atoms with Gasteiger partial charge in [-0.15, -0.1) is 0 Å². The molecule has 0 radical (unpaired) electrons. The molecule has 0 bridgehead atoms. The molecule has 0 aliphatic heterocycles. The van der Waals surface area contributed by atoms with Crippen LogP contribution in [0.4, 0.5) is 4.39 Å². The molecule has 0 N–H and O–H groups in total. The van der Waals surface area contributed by atoms with Crippen molar-refractivity contribution in [2.24, 2.45) is 0 Å². The van der Waals surface area contributed by atoms with Gasteiger partial charge in [-0.1, -0.05) is 0 Å². The van der Waals surface area contributed by atoms with Crippen LogP contribution in [0, 0.1) is 0 Å². The Bertz CT molecular complexity index is 284. The van der Waals surface area contributed by atoms with Crippen LogP contribution >= 0.6 is 0 Å². The Hall–Kier alpha value is -1.42. The molecule has 1 aromatic carbocycles. The third-order valence-corrected chi connectivity index (χ3v) is 1.73. The van der Waals surface area contributed by atoms with Crippen LogP contribution in [0.15, 0.2) is 24.3 Å². The van der Waals surface area contributed by atoms with Gasteiger partial charge in [0.25, 0.3) is 0 Å². The number of hydrogen-bond acceptors (Lipinski definition) is 3. The van der Waals surface area contributed by atoms with E-state index in [1.807, 2.05) is 0 Å². The molecule has 0 aliphatic carbocycles. The summed E-state index contributed by atoms with van der Waals surface area (Å²) in [5, 5.41) is 0. The van der Waals surface area contributed by atoms with E-state index in [1.165, 1.54) is 0 Å². The molecule has 0 amide bonds. The molecular weight excluding hydrogens is 199 g/mol. The maximum Gasteiger partial charge on any atom is 0.150 e. The summed E-state index contributed by atoms with van der Waals surface area (Å²) in [6, 6.07) is 6.76. The smallest absolute Gasteiger partial charge is 0.150 e. The average molecular weight is 212 g/mol. The Morgan fingerprint density at radius 3 is 2.47 bits per heavy atom. The third kappa shape index (κ3) is 4.56. The molecule has 0 saturated heterocycles. The maximum atomic E-state index is 11.6. The number of carbonyl (C=O) groups excluding carboxylic acids is 1. The second kappa shape index (κ2) is 6.95. The minimum Gasteiger partial charge on any atom is -0.491 e. The van der Waals surface area contributed by atoms with E-state index in [1.54, 1.807) is 24.3 Å². The van der Waals surface area contributed by atoms with Gasteiger partial charge in [0, 0.05) is 5.56 Å². The Balaban J connectivity index is 2.22. The van der Waals surface area contributed by atoms with E-state index < -0.39 is 6.67 Å². The predicted molar refractivity (Wildman–Crippen MR) is 54.1 cm³/mol. The number of ether oxygens (including phenoxy) is 2. The van der Waals surface area contributed by atoms with Gasteiger partial charge in [-0.3, -0.25) is 4.79 Å². The quantitative estimate of drug-likeness (QED) is 0.511. The fourth-order valence-electron chi connectivity index (χ4n) is 1.02. The zero-order chi connectivity index (χ0) is 10.9. The second-order valence-corrected chi connectivity index (χ2v) is 2.84. The van der Waals surface area contributed by atoms with E-state index in [2.05, 4.69) is 0 Å². The summed E-state index contributed by atoms with van der Waals surface area (Å²) in [4.78, 5) is 10.4. The van der Waals surface area contributed by atoms with Crippen molar-refractivity contribution in [2.45, 2.75) is 0 Å². The number of rotatable bonds is 7. The van der Waals surface area contributed by atoms with Crippen LogP contribution in [0.25, 0.3) is 0 Å². The van der Waals surface area contributed by atoms with Crippen LogP contribution in [-0.2, 0) is 4.74 Å². The normalized spacial score (nSPS) is 9.93. The molecule has 0 saturated carbocycles. The van der Waals surface area contributed by atoms with Crippen molar-refractivity contribution in [3.8, 4) is 5.75 Å². The van der Waals surface area contributed by atoms with Crippen molar-refractivity contribution in [3.63, 3.8) is 0 Å². The molecule has 1 aromatic rings. The molecule has 0 heterocycles. The van der Waals surface area contributed by atoms with Crippen molar-refractivity contribution in [2.75, 3.05) is 26.5 Å². The van der Waals surface area contributed by atoms with Crippen LogP contribution in [0.1, 0.15) is 10.4 Å². The number of alkyl halides is 1. The summed E-state index contributed by atoms with van der Waals surface area (Å²) >= 11 is 0. The standard InChI is InChI=1S/C11H13FO3/c12-5-6-14-7-8-15-11-3-1-10(9-13)2-4-11/h1-4,9H,5-8H2. The number of benzene rings is 1. The zero-order valence-corrected chi connectivity index (χ0v) is 8.32. The van der Waals surface area contributed by atoms with Gasteiger partial charge in [0.05, 0.1) is 13.2 Å². The molecule has 0 aliphatic rings. The van der Waals surface area contributed by atoms with Crippen molar-refractivity contribution in [1.82, 2.24) is 0 Å². The van der Waals surface area contributed by atoms with Crippen molar-refractivity contribution in [1.29, 1.82) is 0 Å². The SMILES string of the molecule is O=Cc1ccc(OCCOCCF)cc1. The van der Waals surface area contributed by atoms with Gasteiger partial charge in [0.2, 0.25) is 0 Å². The fraction of sp³-hybridized carbons (Fsp3) is 0.364. The lowest BCUT2D eigenvalue weighted by molar-refractivity contribution is 0.0897. The van der Waals surface area contributed by atoms with E-state index in [-0.39, 0.29) is 6.61 Å². The Kier molecular flexibility index (Phi) is 5.40.